The second-order valence-electron chi connectivity index (χ2n) is 6.58. The maximum Gasteiger partial charge on any atom is 0.259 e. The molecule has 2 aromatic rings. The quantitative estimate of drug-likeness (QED) is 0.675. The molecule has 1 atom stereocenters. The highest BCUT2D eigenvalue weighted by Gasteiger charge is 2.15. The Morgan fingerprint density at radius 3 is 2.80 bits per heavy atom. The van der Waals surface area contributed by atoms with E-state index in [1.54, 1.807) is 11.3 Å². The maximum atomic E-state index is 12.4. The van der Waals surface area contributed by atoms with E-state index < -0.39 is 6.10 Å². The lowest BCUT2D eigenvalue weighted by molar-refractivity contribution is 0.0192. The van der Waals surface area contributed by atoms with Gasteiger partial charge in [-0.05, 0) is 31.9 Å². The first-order valence-electron chi connectivity index (χ1n) is 8.95. The van der Waals surface area contributed by atoms with Crippen LogP contribution in [0.4, 0.5) is 0 Å². The van der Waals surface area contributed by atoms with Crippen LogP contribution in [-0.2, 0) is 11.3 Å². The molecule has 7 heteroatoms. The zero-order chi connectivity index (χ0) is 18.4. The summed E-state index contributed by atoms with van der Waals surface area (Å²) in [6.07, 6.45) is 0.417. The number of ether oxygens (including phenoxy) is 1. The zero-order valence-corrected chi connectivity index (χ0v) is 16.4. The van der Waals surface area contributed by atoms with Crippen LogP contribution in [-0.4, -0.2) is 52.4 Å². The van der Waals surface area contributed by atoms with Crippen LogP contribution in [0.25, 0.3) is 10.2 Å². The normalized spacial score (nSPS) is 13.2. The summed E-state index contributed by atoms with van der Waals surface area (Å²) < 4.78 is 5.28. The van der Waals surface area contributed by atoms with E-state index in [4.69, 9.17) is 4.74 Å². The van der Waals surface area contributed by atoms with Crippen LogP contribution in [0, 0.1) is 0 Å². The van der Waals surface area contributed by atoms with Crippen LogP contribution >= 0.6 is 11.3 Å². The SMILES string of the molecule is CCCN(Cc1nc2sc(C(C)C)cc2c(=O)[nH]1)CC(O)COCC. The van der Waals surface area contributed by atoms with Crippen molar-refractivity contribution in [2.45, 2.75) is 52.7 Å². The van der Waals surface area contributed by atoms with E-state index in [-0.39, 0.29) is 5.56 Å². The summed E-state index contributed by atoms with van der Waals surface area (Å²) in [6.45, 7) is 11.0. The van der Waals surface area contributed by atoms with Crippen molar-refractivity contribution in [3.05, 3.63) is 27.1 Å². The summed E-state index contributed by atoms with van der Waals surface area (Å²) in [5.41, 5.74) is -0.0885. The first kappa shape index (κ1) is 20.0. The Kier molecular flexibility index (Phi) is 7.56. The predicted molar refractivity (Wildman–Crippen MR) is 102 cm³/mol. The van der Waals surface area contributed by atoms with Crippen molar-refractivity contribution in [3.8, 4) is 0 Å². The number of aromatic nitrogens is 2. The van der Waals surface area contributed by atoms with Gasteiger partial charge in [-0.15, -0.1) is 11.3 Å². The number of fused-ring (bicyclic) bond motifs is 1. The first-order valence-corrected chi connectivity index (χ1v) is 9.77. The maximum absolute atomic E-state index is 12.4. The number of rotatable bonds is 10. The van der Waals surface area contributed by atoms with Gasteiger partial charge >= 0.3 is 0 Å². The lowest BCUT2D eigenvalue weighted by atomic mass is 10.2. The number of nitrogens with one attached hydrogen (secondary N) is 1. The van der Waals surface area contributed by atoms with E-state index in [9.17, 15) is 9.90 Å². The van der Waals surface area contributed by atoms with E-state index >= 15 is 0 Å². The third-order valence-electron chi connectivity index (χ3n) is 3.94. The summed E-state index contributed by atoms with van der Waals surface area (Å²) in [7, 11) is 0. The molecule has 0 spiro atoms. The monoisotopic (exact) mass is 367 g/mol. The lowest BCUT2D eigenvalue weighted by Crippen LogP contribution is -2.36. The standard InChI is InChI=1S/C18H29N3O3S/c1-5-7-21(9-13(22)11-24-6-2)10-16-19-17(23)14-8-15(12(3)4)25-18(14)20-16/h8,12-13,22H,5-7,9-11H2,1-4H3,(H,19,20,23). The second kappa shape index (κ2) is 9.43. The Labute approximate surface area is 152 Å². The van der Waals surface area contributed by atoms with Crippen molar-refractivity contribution < 1.29 is 9.84 Å². The molecule has 0 aliphatic carbocycles. The molecule has 0 aliphatic heterocycles. The van der Waals surface area contributed by atoms with Crippen molar-refractivity contribution in [3.63, 3.8) is 0 Å². The number of nitrogens with zero attached hydrogens (tertiary/aromatic N) is 2. The molecule has 2 aromatic heterocycles. The molecule has 0 radical (unpaired) electrons. The number of aliphatic hydroxyl groups is 1. The smallest absolute Gasteiger partial charge is 0.259 e. The number of aromatic amines is 1. The molecule has 0 aliphatic rings. The van der Waals surface area contributed by atoms with Gasteiger partial charge in [-0.1, -0.05) is 20.8 Å². The number of H-pyrrole nitrogens is 1. The van der Waals surface area contributed by atoms with Gasteiger partial charge in [-0.25, -0.2) is 4.98 Å². The minimum atomic E-state index is -0.545. The fraction of sp³-hybridized carbons (Fsp3) is 0.667. The molecule has 1 unspecified atom stereocenters. The van der Waals surface area contributed by atoms with Gasteiger partial charge in [0, 0.05) is 18.0 Å². The van der Waals surface area contributed by atoms with E-state index in [2.05, 4.69) is 35.6 Å². The van der Waals surface area contributed by atoms with Gasteiger partial charge in [0.1, 0.15) is 10.7 Å². The van der Waals surface area contributed by atoms with Gasteiger partial charge in [0.15, 0.2) is 0 Å². The van der Waals surface area contributed by atoms with Crippen LogP contribution in [0.2, 0.25) is 0 Å². The Morgan fingerprint density at radius 2 is 2.16 bits per heavy atom. The van der Waals surface area contributed by atoms with Crippen molar-refractivity contribution in [1.29, 1.82) is 0 Å². The van der Waals surface area contributed by atoms with Crippen LogP contribution in [0.15, 0.2) is 10.9 Å². The Hall–Kier alpha value is -1.28. The molecule has 0 fully saturated rings. The van der Waals surface area contributed by atoms with Crippen molar-refractivity contribution in [2.75, 3.05) is 26.3 Å². The predicted octanol–water partition coefficient (Wildman–Crippen LogP) is 2.72. The molecule has 0 bridgehead atoms. The topological polar surface area (TPSA) is 78.5 Å². The number of aliphatic hydroxyl groups excluding tert-OH is 1. The molecule has 2 N–H and O–H groups in total. The minimum absolute atomic E-state index is 0.0885. The summed E-state index contributed by atoms with van der Waals surface area (Å²) in [4.78, 5) is 24.0. The van der Waals surface area contributed by atoms with Crippen molar-refractivity contribution >= 4 is 21.6 Å². The molecular formula is C18H29N3O3S. The van der Waals surface area contributed by atoms with Gasteiger partial charge in [0.05, 0.1) is 24.6 Å². The molecule has 0 saturated carbocycles. The fourth-order valence-electron chi connectivity index (χ4n) is 2.72. The summed E-state index contributed by atoms with van der Waals surface area (Å²) in [5, 5.41) is 10.8. The van der Waals surface area contributed by atoms with Crippen molar-refractivity contribution in [2.24, 2.45) is 0 Å². The number of hydrogen-bond acceptors (Lipinski definition) is 6. The molecule has 2 rings (SSSR count). The highest BCUT2D eigenvalue weighted by Crippen LogP contribution is 2.27. The van der Waals surface area contributed by atoms with E-state index in [0.29, 0.717) is 43.4 Å². The minimum Gasteiger partial charge on any atom is -0.389 e. The van der Waals surface area contributed by atoms with E-state index in [1.165, 1.54) is 4.88 Å². The summed E-state index contributed by atoms with van der Waals surface area (Å²) in [5.74, 6) is 1.03. The number of thiophene rings is 1. The zero-order valence-electron chi connectivity index (χ0n) is 15.5. The second-order valence-corrected chi connectivity index (χ2v) is 7.65. The van der Waals surface area contributed by atoms with Gasteiger partial charge < -0.3 is 14.8 Å². The van der Waals surface area contributed by atoms with E-state index in [0.717, 1.165) is 17.8 Å². The largest absolute Gasteiger partial charge is 0.389 e. The third-order valence-corrected chi connectivity index (χ3v) is 5.27. The van der Waals surface area contributed by atoms with Gasteiger partial charge in [-0.2, -0.15) is 0 Å². The lowest BCUT2D eigenvalue weighted by Gasteiger charge is -2.24. The van der Waals surface area contributed by atoms with Gasteiger partial charge in [-0.3, -0.25) is 9.69 Å². The highest BCUT2D eigenvalue weighted by molar-refractivity contribution is 7.18. The van der Waals surface area contributed by atoms with E-state index in [1.807, 2.05) is 13.0 Å². The fourth-order valence-corrected chi connectivity index (χ4v) is 3.77. The highest BCUT2D eigenvalue weighted by atomic mass is 32.1. The molecule has 0 amide bonds. The number of hydrogen-bond donors (Lipinski definition) is 2. The molecule has 0 saturated heterocycles. The van der Waals surface area contributed by atoms with Gasteiger partial charge in [0.25, 0.3) is 5.56 Å². The molecule has 0 aromatic carbocycles. The Bertz CT molecular complexity index is 726. The van der Waals surface area contributed by atoms with Crippen LogP contribution in [0.3, 0.4) is 0 Å². The van der Waals surface area contributed by atoms with Crippen molar-refractivity contribution in [1.82, 2.24) is 14.9 Å². The van der Waals surface area contributed by atoms with Crippen LogP contribution in [0.1, 0.15) is 50.7 Å². The van der Waals surface area contributed by atoms with Crippen LogP contribution < -0.4 is 5.56 Å². The van der Waals surface area contributed by atoms with Crippen LogP contribution in [0.5, 0.6) is 0 Å². The Balaban J connectivity index is 2.16. The third kappa shape index (κ3) is 5.60. The average Bonchev–Trinajstić information content (AvgIpc) is 2.98. The molecule has 140 valence electrons. The van der Waals surface area contributed by atoms with Gasteiger partial charge in [0.2, 0.25) is 0 Å². The average molecular weight is 368 g/mol. The molecule has 6 nitrogen and oxygen atoms in total. The summed E-state index contributed by atoms with van der Waals surface area (Å²) >= 11 is 1.58. The summed E-state index contributed by atoms with van der Waals surface area (Å²) in [6, 6.07) is 1.94. The molecule has 25 heavy (non-hydrogen) atoms. The molecular weight excluding hydrogens is 338 g/mol. The Morgan fingerprint density at radius 1 is 1.40 bits per heavy atom. The molecule has 2 heterocycles. The first-order chi connectivity index (χ1) is 11.9.